The van der Waals surface area contributed by atoms with E-state index in [1.165, 1.54) is 6.07 Å². The lowest BCUT2D eigenvalue weighted by molar-refractivity contribution is -0.171. The van der Waals surface area contributed by atoms with Gasteiger partial charge in [-0.05, 0) is 55.5 Å². The number of alkyl halides is 3. The van der Waals surface area contributed by atoms with Crippen molar-refractivity contribution in [3.05, 3.63) is 54.1 Å². The summed E-state index contributed by atoms with van der Waals surface area (Å²) in [7, 11) is 0. The van der Waals surface area contributed by atoms with Crippen molar-refractivity contribution in [3.63, 3.8) is 0 Å². The van der Waals surface area contributed by atoms with Gasteiger partial charge >= 0.3 is 12.1 Å². The zero-order valence-corrected chi connectivity index (χ0v) is 19.5. The summed E-state index contributed by atoms with van der Waals surface area (Å²) in [5.41, 5.74) is 0.803. The molecule has 2 aliphatic rings. The normalized spacial score (nSPS) is 21.9. The highest BCUT2D eigenvalue weighted by Crippen LogP contribution is 2.49. The Labute approximate surface area is 196 Å². The number of para-hydroxylation sites is 2. The zero-order chi connectivity index (χ0) is 24.8. The molecule has 5 nitrogen and oxygen atoms in total. The van der Waals surface area contributed by atoms with Crippen molar-refractivity contribution >= 4 is 28.8 Å². The van der Waals surface area contributed by atoms with E-state index in [1.54, 1.807) is 42.5 Å². The maximum atomic E-state index is 13.9. The molecule has 2 aromatic carbocycles. The number of hydrogen-bond donors (Lipinski definition) is 0. The van der Waals surface area contributed by atoms with E-state index in [9.17, 15) is 22.8 Å². The summed E-state index contributed by atoms with van der Waals surface area (Å²) in [4.78, 5) is 31.7. The third-order valence-electron chi connectivity index (χ3n) is 6.07. The Morgan fingerprint density at radius 1 is 1.09 bits per heavy atom. The van der Waals surface area contributed by atoms with Gasteiger partial charge in [0.05, 0.1) is 29.4 Å². The van der Waals surface area contributed by atoms with E-state index in [4.69, 9.17) is 4.74 Å². The van der Waals surface area contributed by atoms with E-state index in [1.807, 2.05) is 27.7 Å². The first-order valence-electron chi connectivity index (χ1n) is 11.2. The van der Waals surface area contributed by atoms with E-state index in [0.717, 1.165) is 0 Å². The van der Waals surface area contributed by atoms with Gasteiger partial charge in [-0.25, -0.2) is 0 Å². The summed E-state index contributed by atoms with van der Waals surface area (Å²) in [5.74, 6) is -2.69. The summed E-state index contributed by atoms with van der Waals surface area (Å²) in [6.45, 7) is 7.61. The lowest BCUT2D eigenvalue weighted by atomic mass is 9.68. The maximum absolute atomic E-state index is 13.9. The van der Waals surface area contributed by atoms with Crippen LogP contribution in [-0.4, -0.2) is 29.7 Å². The number of halogens is 3. The first kappa shape index (κ1) is 24.0. The van der Waals surface area contributed by atoms with Crippen LogP contribution in [0.2, 0.25) is 0 Å². The third kappa shape index (κ3) is 4.58. The monoisotopic (exact) mass is 472 g/mol. The van der Waals surface area contributed by atoms with E-state index in [2.05, 4.69) is 4.99 Å². The van der Waals surface area contributed by atoms with Crippen LogP contribution in [-0.2, 0) is 9.59 Å². The van der Waals surface area contributed by atoms with Gasteiger partial charge in [0, 0.05) is 12.1 Å². The quantitative estimate of drug-likeness (QED) is 0.534. The van der Waals surface area contributed by atoms with Crippen LogP contribution in [0, 0.1) is 11.3 Å². The smallest absolute Gasteiger partial charge is 0.471 e. The van der Waals surface area contributed by atoms with Gasteiger partial charge < -0.3 is 4.74 Å². The molecule has 0 aromatic heterocycles. The number of carbonyl (C=O) groups excluding carboxylic acids is 2. The third-order valence-corrected chi connectivity index (χ3v) is 6.07. The molecule has 34 heavy (non-hydrogen) atoms. The Morgan fingerprint density at radius 3 is 2.35 bits per heavy atom. The van der Waals surface area contributed by atoms with Gasteiger partial charge in [0.1, 0.15) is 11.5 Å². The second-order valence-electron chi connectivity index (χ2n) is 9.91. The minimum atomic E-state index is -5.13. The van der Waals surface area contributed by atoms with Gasteiger partial charge in [0.2, 0.25) is 0 Å². The number of amides is 1. The zero-order valence-electron chi connectivity index (χ0n) is 19.5. The fourth-order valence-corrected chi connectivity index (χ4v) is 4.84. The van der Waals surface area contributed by atoms with Crippen molar-refractivity contribution in [2.45, 2.75) is 58.9 Å². The van der Waals surface area contributed by atoms with E-state index >= 15 is 0 Å². The molecule has 0 radical (unpaired) electrons. The van der Waals surface area contributed by atoms with Crippen LogP contribution >= 0.6 is 0 Å². The lowest BCUT2D eigenvalue weighted by Gasteiger charge is -2.41. The van der Waals surface area contributed by atoms with E-state index in [-0.39, 0.29) is 35.1 Å². The van der Waals surface area contributed by atoms with Gasteiger partial charge in [-0.3, -0.25) is 19.5 Å². The predicted molar refractivity (Wildman–Crippen MR) is 124 cm³/mol. The average Bonchev–Trinajstić information content (AvgIpc) is 2.86. The highest BCUT2D eigenvalue weighted by Gasteiger charge is 2.52. The number of anilines is 1. The Hall–Kier alpha value is -3.16. The van der Waals surface area contributed by atoms with Gasteiger partial charge in [0.25, 0.3) is 0 Å². The van der Waals surface area contributed by atoms with Crippen molar-refractivity contribution in [1.82, 2.24) is 0 Å². The molecule has 1 saturated carbocycles. The molecule has 0 bridgehead atoms. The summed E-state index contributed by atoms with van der Waals surface area (Å²) in [6.07, 6.45) is -4.59. The molecule has 0 saturated heterocycles. The van der Waals surface area contributed by atoms with Gasteiger partial charge in [-0.1, -0.05) is 38.1 Å². The second-order valence-corrected chi connectivity index (χ2v) is 9.91. The standard InChI is InChI=1S/C26H27F3N2O3/c1-15(2)34-17-11-9-16(10-12-17)23-22-19(13-25(3,4)14-21(22)32)30-18-7-5-6-8-20(18)31(23)24(33)26(27,28)29/h5-12,15,22-23H,13-14H2,1-4H3. The number of Topliss-reactive ketones (excluding diaryl/α,β-unsaturated/α-hetero) is 1. The second kappa shape index (κ2) is 8.56. The fraction of sp³-hybridized carbons (Fsp3) is 0.423. The van der Waals surface area contributed by atoms with Crippen molar-refractivity contribution in [2.75, 3.05) is 4.90 Å². The van der Waals surface area contributed by atoms with Gasteiger partial charge in [-0.15, -0.1) is 0 Å². The molecule has 0 spiro atoms. The average molecular weight is 473 g/mol. The van der Waals surface area contributed by atoms with Crippen molar-refractivity contribution in [3.8, 4) is 5.75 Å². The first-order valence-corrected chi connectivity index (χ1v) is 11.2. The summed E-state index contributed by atoms with van der Waals surface area (Å²) in [5, 5.41) is 0. The molecule has 1 heterocycles. The van der Waals surface area contributed by atoms with E-state index in [0.29, 0.717) is 28.3 Å². The summed E-state index contributed by atoms with van der Waals surface area (Å²) in [6, 6.07) is 11.6. The summed E-state index contributed by atoms with van der Waals surface area (Å²) < 4.78 is 47.3. The molecule has 8 heteroatoms. The van der Waals surface area contributed by atoms with Crippen LogP contribution < -0.4 is 9.64 Å². The van der Waals surface area contributed by atoms with Gasteiger partial charge in [-0.2, -0.15) is 13.2 Å². The van der Waals surface area contributed by atoms with E-state index < -0.39 is 24.0 Å². The molecule has 2 unspecified atom stereocenters. The van der Waals surface area contributed by atoms with Crippen molar-refractivity contribution in [2.24, 2.45) is 16.3 Å². The number of hydrogen-bond acceptors (Lipinski definition) is 4. The highest BCUT2D eigenvalue weighted by molar-refractivity contribution is 6.13. The highest BCUT2D eigenvalue weighted by atomic mass is 19.4. The Kier molecular flexibility index (Phi) is 6.04. The number of fused-ring (bicyclic) bond motifs is 2. The molecule has 1 fully saturated rings. The molecule has 2 atom stereocenters. The Bertz CT molecular complexity index is 1140. The molecule has 1 amide bonds. The maximum Gasteiger partial charge on any atom is 0.471 e. The molecule has 4 rings (SSSR count). The molecule has 0 N–H and O–H groups in total. The number of carbonyl (C=O) groups is 2. The predicted octanol–water partition coefficient (Wildman–Crippen LogP) is 6.20. The van der Waals surface area contributed by atoms with Crippen LogP contribution in [0.15, 0.2) is 53.5 Å². The minimum Gasteiger partial charge on any atom is -0.491 e. The number of aliphatic imine (C=N–C) groups is 1. The Balaban J connectivity index is 1.94. The fourth-order valence-electron chi connectivity index (χ4n) is 4.84. The van der Waals surface area contributed by atoms with Crippen LogP contribution in [0.3, 0.4) is 0 Å². The van der Waals surface area contributed by atoms with Crippen LogP contribution in [0.1, 0.15) is 52.1 Å². The number of ketones is 1. The van der Waals surface area contributed by atoms with Crippen molar-refractivity contribution in [1.29, 1.82) is 0 Å². The summed E-state index contributed by atoms with van der Waals surface area (Å²) >= 11 is 0. The molecular formula is C26H27F3N2O3. The lowest BCUT2D eigenvalue weighted by Crippen LogP contribution is -2.50. The van der Waals surface area contributed by atoms with Gasteiger partial charge in [0.15, 0.2) is 0 Å². The molecule has 180 valence electrons. The van der Waals surface area contributed by atoms with Crippen LogP contribution in [0.4, 0.5) is 24.5 Å². The molecule has 1 aliphatic heterocycles. The van der Waals surface area contributed by atoms with Crippen LogP contribution in [0.25, 0.3) is 0 Å². The number of nitrogens with zero attached hydrogens (tertiary/aromatic N) is 2. The largest absolute Gasteiger partial charge is 0.491 e. The molecule has 1 aliphatic carbocycles. The molecule has 2 aromatic rings. The SMILES string of the molecule is CC(C)Oc1ccc(C2C3C(=O)CC(C)(C)CC3=Nc3ccccc3N2C(=O)C(F)(F)F)cc1. The first-order chi connectivity index (χ1) is 15.9. The Morgan fingerprint density at radius 2 is 1.74 bits per heavy atom. The van der Waals surface area contributed by atoms with Crippen molar-refractivity contribution < 1.29 is 27.5 Å². The number of rotatable bonds is 3. The number of benzene rings is 2. The minimum absolute atomic E-state index is 0.0323. The van der Waals surface area contributed by atoms with Crippen LogP contribution in [0.5, 0.6) is 5.75 Å². The number of ether oxygens (including phenoxy) is 1. The topological polar surface area (TPSA) is 59.0 Å². The molecular weight excluding hydrogens is 445 g/mol.